The molecule has 4 heteroatoms. The molecule has 13 heavy (non-hydrogen) atoms. The van der Waals surface area contributed by atoms with Crippen LogP contribution in [0.1, 0.15) is 5.56 Å². The Bertz CT molecular complexity index is 450. The van der Waals surface area contributed by atoms with Gasteiger partial charge in [0.25, 0.3) is 0 Å². The minimum Gasteiger partial charge on any atom is -0.305 e. The molecule has 0 aliphatic heterocycles. The highest BCUT2D eigenvalue weighted by Gasteiger charge is 2.05. The lowest BCUT2D eigenvalue weighted by Crippen LogP contribution is -1.91. The van der Waals surface area contributed by atoms with Gasteiger partial charge in [0.2, 0.25) is 0 Å². The van der Waals surface area contributed by atoms with E-state index in [1.165, 1.54) is 0 Å². The minimum absolute atomic E-state index is 0.371. The second-order valence-corrected chi connectivity index (χ2v) is 3.05. The predicted molar refractivity (Wildman–Crippen MR) is 50.0 cm³/mol. The number of imidazole rings is 1. The van der Waals surface area contributed by atoms with Gasteiger partial charge in [-0.05, 0) is 11.6 Å². The molecule has 0 atom stereocenters. The zero-order valence-corrected chi connectivity index (χ0v) is 7.53. The third-order valence-corrected chi connectivity index (χ3v) is 2.18. The molecular weight excluding hydrogens is 188 g/mol. The Morgan fingerprint density at radius 3 is 3.23 bits per heavy atom. The fourth-order valence-electron chi connectivity index (χ4n) is 1.33. The summed E-state index contributed by atoms with van der Waals surface area (Å²) in [7, 11) is 0. The molecule has 2 aromatic rings. The molecule has 2 rings (SSSR count). The molecule has 0 amide bonds. The third-order valence-electron chi connectivity index (χ3n) is 1.90. The average Bonchev–Trinajstić information content (AvgIpc) is 2.50. The summed E-state index contributed by atoms with van der Waals surface area (Å²) in [6.07, 6.45) is 4.71. The van der Waals surface area contributed by atoms with Crippen LogP contribution in [-0.4, -0.2) is 15.7 Å². The van der Waals surface area contributed by atoms with Crippen LogP contribution in [0.25, 0.3) is 5.52 Å². The molecule has 0 spiro atoms. The summed E-state index contributed by atoms with van der Waals surface area (Å²) in [6, 6.07) is 3.74. The van der Waals surface area contributed by atoms with Crippen LogP contribution in [0.4, 0.5) is 0 Å². The van der Waals surface area contributed by atoms with Crippen LogP contribution in [0.5, 0.6) is 0 Å². The van der Waals surface area contributed by atoms with E-state index >= 15 is 0 Å². The Morgan fingerprint density at radius 2 is 2.46 bits per heavy atom. The first-order valence-corrected chi connectivity index (χ1v) is 4.24. The van der Waals surface area contributed by atoms with Crippen molar-refractivity contribution in [1.82, 2.24) is 9.38 Å². The van der Waals surface area contributed by atoms with Crippen LogP contribution in [0.3, 0.4) is 0 Å². The smallest absolute Gasteiger partial charge is 0.155 e. The Morgan fingerprint density at radius 1 is 1.62 bits per heavy atom. The molecule has 3 nitrogen and oxygen atoms in total. The van der Waals surface area contributed by atoms with Crippen molar-refractivity contribution in [2.45, 2.75) is 6.42 Å². The second kappa shape index (κ2) is 3.18. The van der Waals surface area contributed by atoms with Crippen molar-refractivity contribution in [1.29, 1.82) is 0 Å². The van der Waals surface area contributed by atoms with Gasteiger partial charge in [0.05, 0.1) is 5.52 Å². The van der Waals surface area contributed by atoms with Gasteiger partial charge in [-0.1, -0.05) is 17.7 Å². The number of hydrogen-bond donors (Lipinski definition) is 0. The Kier molecular flexibility index (Phi) is 2.02. The number of nitrogens with zero attached hydrogens (tertiary/aromatic N) is 2. The summed E-state index contributed by atoms with van der Waals surface area (Å²) in [5, 5.41) is 0.442. The van der Waals surface area contributed by atoms with Crippen LogP contribution >= 0.6 is 11.6 Å². The van der Waals surface area contributed by atoms with E-state index < -0.39 is 0 Å². The van der Waals surface area contributed by atoms with E-state index in [1.807, 2.05) is 18.3 Å². The number of fused-ring (bicyclic) bond motifs is 1. The van der Waals surface area contributed by atoms with Gasteiger partial charge in [0, 0.05) is 12.6 Å². The SMILES string of the molecule is O=CCc1cccn2cnc(Cl)c12. The highest BCUT2D eigenvalue weighted by Crippen LogP contribution is 2.19. The van der Waals surface area contributed by atoms with E-state index in [0.29, 0.717) is 11.6 Å². The number of carbonyl (C=O) groups excluding carboxylic acids is 1. The number of pyridine rings is 1. The predicted octanol–water partition coefficient (Wildman–Crippen LogP) is 1.73. The molecule has 66 valence electrons. The Labute approximate surface area is 80.0 Å². The van der Waals surface area contributed by atoms with E-state index in [4.69, 9.17) is 11.6 Å². The molecule has 0 aliphatic carbocycles. The number of aldehydes is 1. The molecule has 0 radical (unpaired) electrons. The standard InChI is InChI=1S/C9H7ClN2O/c10-9-8-7(3-5-13)2-1-4-12(8)6-11-9/h1-2,4-6H,3H2. The van der Waals surface area contributed by atoms with Crippen LogP contribution < -0.4 is 0 Å². The number of carbonyl (C=O) groups is 1. The summed E-state index contributed by atoms with van der Waals surface area (Å²) in [4.78, 5) is 14.3. The van der Waals surface area contributed by atoms with Crippen LogP contribution in [0, 0.1) is 0 Å². The Hall–Kier alpha value is -1.35. The quantitative estimate of drug-likeness (QED) is 0.683. The minimum atomic E-state index is 0.371. The number of hydrogen-bond acceptors (Lipinski definition) is 2. The molecule has 2 aromatic heterocycles. The van der Waals surface area contributed by atoms with Crippen molar-refractivity contribution in [3.8, 4) is 0 Å². The average molecular weight is 195 g/mol. The van der Waals surface area contributed by atoms with Crippen molar-refractivity contribution >= 4 is 23.4 Å². The van der Waals surface area contributed by atoms with Crippen molar-refractivity contribution in [2.24, 2.45) is 0 Å². The Balaban J connectivity index is 2.72. The summed E-state index contributed by atoms with van der Waals surface area (Å²) in [5.74, 6) is 0. The molecule has 0 N–H and O–H groups in total. The lowest BCUT2D eigenvalue weighted by Gasteiger charge is -1.99. The summed E-state index contributed by atoms with van der Waals surface area (Å²) in [6.45, 7) is 0. The molecule has 0 fully saturated rings. The molecule has 0 saturated heterocycles. The van der Waals surface area contributed by atoms with E-state index in [0.717, 1.165) is 17.4 Å². The molecule has 0 unspecified atom stereocenters. The van der Waals surface area contributed by atoms with Crippen molar-refractivity contribution in [3.63, 3.8) is 0 Å². The van der Waals surface area contributed by atoms with E-state index in [2.05, 4.69) is 4.98 Å². The first-order valence-electron chi connectivity index (χ1n) is 3.86. The van der Waals surface area contributed by atoms with Gasteiger partial charge in [-0.25, -0.2) is 4.98 Å². The maximum absolute atomic E-state index is 10.4. The third kappa shape index (κ3) is 1.31. The lowest BCUT2D eigenvalue weighted by molar-refractivity contribution is -0.107. The highest BCUT2D eigenvalue weighted by molar-refractivity contribution is 6.32. The van der Waals surface area contributed by atoms with E-state index in [1.54, 1.807) is 10.7 Å². The monoisotopic (exact) mass is 194 g/mol. The van der Waals surface area contributed by atoms with Crippen LogP contribution in [-0.2, 0) is 11.2 Å². The number of aromatic nitrogens is 2. The van der Waals surface area contributed by atoms with Gasteiger partial charge >= 0.3 is 0 Å². The van der Waals surface area contributed by atoms with Gasteiger partial charge < -0.3 is 9.20 Å². The van der Waals surface area contributed by atoms with Crippen molar-refractivity contribution in [2.75, 3.05) is 0 Å². The zero-order chi connectivity index (χ0) is 9.26. The van der Waals surface area contributed by atoms with E-state index in [9.17, 15) is 4.79 Å². The van der Waals surface area contributed by atoms with Crippen molar-refractivity contribution < 1.29 is 4.79 Å². The van der Waals surface area contributed by atoms with Gasteiger partial charge in [0.1, 0.15) is 12.6 Å². The molecule has 0 saturated carbocycles. The second-order valence-electron chi connectivity index (χ2n) is 2.70. The van der Waals surface area contributed by atoms with Gasteiger partial charge in [0.15, 0.2) is 5.15 Å². The van der Waals surface area contributed by atoms with Gasteiger partial charge in [-0.3, -0.25) is 0 Å². The molecule has 0 aromatic carbocycles. The zero-order valence-electron chi connectivity index (χ0n) is 6.77. The highest BCUT2D eigenvalue weighted by atomic mass is 35.5. The molecule has 0 bridgehead atoms. The largest absolute Gasteiger partial charge is 0.305 e. The normalized spacial score (nSPS) is 10.5. The fourth-order valence-corrected chi connectivity index (χ4v) is 1.60. The lowest BCUT2D eigenvalue weighted by atomic mass is 10.2. The van der Waals surface area contributed by atoms with Gasteiger partial charge in [-0.15, -0.1) is 0 Å². The molecule has 0 aliphatic rings. The first-order chi connectivity index (χ1) is 6.33. The maximum Gasteiger partial charge on any atom is 0.155 e. The topological polar surface area (TPSA) is 34.4 Å². The van der Waals surface area contributed by atoms with Gasteiger partial charge in [-0.2, -0.15) is 0 Å². The van der Waals surface area contributed by atoms with Crippen LogP contribution in [0.2, 0.25) is 5.15 Å². The first kappa shape index (κ1) is 8.26. The maximum atomic E-state index is 10.4. The summed E-state index contributed by atoms with van der Waals surface area (Å²) < 4.78 is 1.81. The number of rotatable bonds is 2. The number of halogens is 1. The van der Waals surface area contributed by atoms with Crippen LogP contribution in [0.15, 0.2) is 24.7 Å². The summed E-state index contributed by atoms with van der Waals surface area (Å²) in [5.41, 5.74) is 1.72. The van der Waals surface area contributed by atoms with Crippen molar-refractivity contribution in [3.05, 3.63) is 35.4 Å². The fraction of sp³-hybridized carbons (Fsp3) is 0.111. The molecular formula is C9H7ClN2O. The molecule has 2 heterocycles. The summed E-state index contributed by atoms with van der Waals surface area (Å²) >= 11 is 5.87. The van der Waals surface area contributed by atoms with E-state index in [-0.39, 0.29) is 0 Å².